The zero-order valence-corrected chi connectivity index (χ0v) is 43.8. The Morgan fingerprint density at radius 1 is 0.131 bits per heavy atom. The van der Waals surface area contributed by atoms with E-state index in [-0.39, 0.29) is 0 Å². The Balaban J connectivity index is 3.96. The molecule has 0 aromatic carbocycles. The lowest BCUT2D eigenvalue weighted by Crippen LogP contribution is -3.12. The second-order valence-electron chi connectivity index (χ2n) is 21.0. The summed E-state index contributed by atoms with van der Waals surface area (Å²) in [7, 11) is 0. The first-order valence-electron chi connectivity index (χ1n) is 30.2. The molecule has 1 N–H and O–H groups in total. The van der Waals surface area contributed by atoms with Gasteiger partial charge in [-0.15, -0.1) is 0 Å². The molecule has 0 fully saturated rings. The van der Waals surface area contributed by atoms with Gasteiger partial charge in [0.15, 0.2) is 0 Å². The molecule has 61 heavy (non-hydrogen) atoms. The van der Waals surface area contributed by atoms with Crippen LogP contribution >= 0.6 is 0 Å². The van der Waals surface area contributed by atoms with Crippen LogP contribution in [0.5, 0.6) is 0 Å². The molecule has 1 nitrogen and oxygen atoms in total. The van der Waals surface area contributed by atoms with Gasteiger partial charge in [0, 0.05) is 0 Å². The highest BCUT2D eigenvalue weighted by Gasteiger charge is 2.09. The molecule has 0 aromatic heterocycles. The van der Waals surface area contributed by atoms with Gasteiger partial charge in [0.25, 0.3) is 0 Å². The lowest BCUT2D eigenvalue weighted by molar-refractivity contribution is -0.900. The highest BCUT2D eigenvalue weighted by Crippen LogP contribution is 2.17. The van der Waals surface area contributed by atoms with Crippen molar-refractivity contribution in [3.05, 3.63) is 0 Å². The van der Waals surface area contributed by atoms with E-state index in [0.717, 1.165) is 0 Å². The van der Waals surface area contributed by atoms with E-state index >= 15 is 0 Å². The van der Waals surface area contributed by atoms with Crippen LogP contribution in [0.1, 0.15) is 367 Å². The van der Waals surface area contributed by atoms with Gasteiger partial charge in [0.2, 0.25) is 0 Å². The van der Waals surface area contributed by atoms with E-state index in [0.29, 0.717) is 0 Å². The second-order valence-corrected chi connectivity index (χ2v) is 21.0. The van der Waals surface area contributed by atoms with Crippen molar-refractivity contribution in [3.63, 3.8) is 0 Å². The van der Waals surface area contributed by atoms with Crippen LogP contribution in [0.15, 0.2) is 0 Å². The van der Waals surface area contributed by atoms with Crippen molar-refractivity contribution in [1.82, 2.24) is 0 Å². The molecule has 0 saturated carbocycles. The van der Waals surface area contributed by atoms with Crippen LogP contribution < -0.4 is 4.90 Å². The van der Waals surface area contributed by atoms with Gasteiger partial charge in [-0.05, 0) is 38.5 Å². The summed E-state index contributed by atoms with van der Waals surface area (Å²) >= 11 is 0. The largest absolute Gasteiger partial charge is 0.335 e. The fourth-order valence-corrected chi connectivity index (χ4v) is 10.2. The Bertz CT molecular complexity index is 621. The molecule has 0 atom stereocenters. The van der Waals surface area contributed by atoms with E-state index in [1.807, 2.05) is 4.90 Å². The SMILES string of the molecule is CCCCCCCCCCCCCCCCCCCC[NH+](CCCCCCCCCCCCCCCCCCCC)CCCCCCCCCCCCCCCCCCCC. The molecule has 0 aromatic rings. The van der Waals surface area contributed by atoms with Crippen LogP contribution in [-0.4, -0.2) is 19.6 Å². The molecule has 0 rings (SSSR count). The monoisotopic (exact) mass is 859 g/mol. The third kappa shape index (κ3) is 56.0. The number of hydrogen-bond acceptors (Lipinski definition) is 0. The Morgan fingerprint density at radius 2 is 0.230 bits per heavy atom. The van der Waals surface area contributed by atoms with Crippen molar-refractivity contribution < 1.29 is 4.90 Å². The second kappa shape index (κ2) is 58.0. The summed E-state index contributed by atoms with van der Waals surface area (Å²) in [6.45, 7) is 11.3. The Kier molecular flexibility index (Phi) is 57.9. The molecule has 0 amide bonds. The number of rotatable bonds is 57. The number of nitrogens with one attached hydrogen (secondary N) is 1. The van der Waals surface area contributed by atoms with Gasteiger partial charge in [-0.2, -0.15) is 0 Å². The van der Waals surface area contributed by atoms with Crippen molar-refractivity contribution in [2.24, 2.45) is 0 Å². The highest BCUT2D eigenvalue weighted by atomic mass is 15.1. The average molecular weight is 860 g/mol. The van der Waals surface area contributed by atoms with Gasteiger partial charge in [0.1, 0.15) is 0 Å². The predicted octanol–water partition coefficient (Wildman–Crippen LogP) is 21.0. The summed E-state index contributed by atoms with van der Waals surface area (Å²) < 4.78 is 0. The van der Waals surface area contributed by atoms with E-state index in [2.05, 4.69) is 20.8 Å². The molecule has 0 unspecified atom stereocenters. The molecule has 0 aliphatic heterocycles. The molecule has 368 valence electrons. The Labute approximate surface area is 390 Å². The lowest BCUT2D eigenvalue weighted by atomic mass is 10.0. The van der Waals surface area contributed by atoms with Crippen molar-refractivity contribution >= 4 is 0 Å². The third-order valence-corrected chi connectivity index (χ3v) is 14.7. The van der Waals surface area contributed by atoms with Gasteiger partial charge in [-0.1, -0.05) is 329 Å². The zero-order valence-electron chi connectivity index (χ0n) is 43.8. The first-order chi connectivity index (χ1) is 30.3. The molecular formula is C60H124N+. The summed E-state index contributed by atoms with van der Waals surface area (Å²) in [4.78, 5) is 1.96. The number of quaternary nitrogens is 1. The van der Waals surface area contributed by atoms with E-state index in [9.17, 15) is 0 Å². The van der Waals surface area contributed by atoms with Crippen molar-refractivity contribution in [1.29, 1.82) is 0 Å². The normalized spacial score (nSPS) is 11.8. The molecule has 0 radical (unpaired) electrons. The highest BCUT2D eigenvalue weighted by molar-refractivity contribution is 4.54. The van der Waals surface area contributed by atoms with Crippen LogP contribution in [-0.2, 0) is 0 Å². The molecule has 0 spiro atoms. The summed E-state index contributed by atoms with van der Waals surface area (Å²) in [6, 6.07) is 0. The first kappa shape index (κ1) is 61.0. The maximum absolute atomic E-state index is 2.32. The smallest absolute Gasteiger partial charge is 0.0770 e. The molecule has 0 aliphatic carbocycles. The van der Waals surface area contributed by atoms with Gasteiger partial charge < -0.3 is 4.90 Å². The van der Waals surface area contributed by atoms with Gasteiger partial charge in [-0.25, -0.2) is 0 Å². The van der Waals surface area contributed by atoms with E-state index in [1.165, 1.54) is 366 Å². The number of unbranched alkanes of at least 4 members (excludes halogenated alkanes) is 51. The van der Waals surface area contributed by atoms with Crippen LogP contribution in [0, 0.1) is 0 Å². The van der Waals surface area contributed by atoms with E-state index < -0.39 is 0 Å². The minimum Gasteiger partial charge on any atom is -0.335 e. The predicted molar refractivity (Wildman–Crippen MR) is 282 cm³/mol. The minimum absolute atomic E-state index is 1.37. The van der Waals surface area contributed by atoms with E-state index in [1.54, 1.807) is 0 Å². The van der Waals surface area contributed by atoms with Crippen molar-refractivity contribution in [3.8, 4) is 0 Å². The van der Waals surface area contributed by atoms with Crippen LogP contribution in [0.25, 0.3) is 0 Å². The van der Waals surface area contributed by atoms with Crippen LogP contribution in [0.2, 0.25) is 0 Å². The average Bonchev–Trinajstić information content (AvgIpc) is 3.27. The minimum atomic E-state index is 1.37. The van der Waals surface area contributed by atoms with Gasteiger partial charge in [0.05, 0.1) is 19.6 Å². The number of hydrogen-bond donors (Lipinski definition) is 1. The molecule has 0 bridgehead atoms. The standard InChI is InChI=1S/C60H123N/c1-4-7-10-13-16-19-22-25-28-31-34-37-40-43-46-49-52-55-58-61(59-56-53-50-47-44-41-38-35-32-29-26-23-20-17-14-11-8-5-2)60-57-54-51-48-45-42-39-36-33-30-27-24-21-18-15-12-9-6-3/h4-60H2,1-3H3/p+1. The topological polar surface area (TPSA) is 4.44 Å². The lowest BCUT2D eigenvalue weighted by Gasteiger charge is -2.20. The van der Waals surface area contributed by atoms with Crippen LogP contribution in [0.3, 0.4) is 0 Å². The van der Waals surface area contributed by atoms with Gasteiger partial charge >= 0.3 is 0 Å². The molecular weight excluding hydrogens is 735 g/mol. The van der Waals surface area contributed by atoms with Crippen LogP contribution in [0.4, 0.5) is 0 Å². The van der Waals surface area contributed by atoms with Crippen molar-refractivity contribution in [2.45, 2.75) is 367 Å². The molecule has 1 heteroatoms. The summed E-state index contributed by atoms with van der Waals surface area (Å²) in [5.41, 5.74) is 0. The maximum Gasteiger partial charge on any atom is 0.0770 e. The Morgan fingerprint density at radius 3 is 0.344 bits per heavy atom. The zero-order chi connectivity index (χ0) is 43.9. The molecule has 0 aliphatic rings. The summed E-state index contributed by atoms with van der Waals surface area (Å²) in [6.07, 6.45) is 79.9. The third-order valence-electron chi connectivity index (χ3n) is 14.7. The van der Waals surface area contributed by atoms with Gasteiger partial charge in [-0.3, -0.25) is 0 Å². The molecule has 0 heterocycles. The quantitative estimate of drug-likeness (QED) is 0.0581. The summed E-state index contributed by atoms with van der Waals surface area (Å²) in [5.74, 6) is 0. The summed E-state index contributed by atoms with van der Waals surface area (Å²) in [5, 5.41) is 0. The van der Waals surface area contributed by atoms with Crippen molar-refractivity contribution in [2.75, 3.05) is 19.6 Å². The fraction of sp³-hybridized carbons (Fsp3) is 1.00. The Hall–Kier alpha value is -0.0400. The first-order valence-corrected chi connectivity index (χ1v) is 30.2. The maximum atomic E-state index is 2.32. The molecule has 0 saturated heterocycles. The fourth-order valence-electron chi connectivity index (χ4n) is 10.2. The van der Waals surface area contributed by atoms with E-state index in [4.69, 9.17) is 0 Å².